The fourth-order valence-electron chi connectivity index (χ4n) is 2.39. The maximum Gasteiger partial charge on any atom is 0.122 e. The summed E-state index contributed by atoms with van der Waals surface area (Å²) in [7, 11) is 0. The van der Waals surface area contributed by atoms with Crippen molar-refractivity contribution in [1.29, 1.82) is 0 Å². The van der Waals surface area contributed by atoms with Crippen LogP contribution in [0.1, 0.15) is 45.2 Å². The number of rotatable bonds is 5. The Morgan fingerprint density at radius 2 is 1.95 bits per heavy atom. The van der Waals surface area contributed by atoms with Gasteiger partial charge in [0.1, 0.15) is 5.75 Å². The lowest BCUT2D eigenvalue weighted by Crippen LogP contribution is -2.03. The first kappa shape index (κ1) is 16.0. The third-order valence-corrected chi connectivity index (χ3v) is 5.05. The number of aryl methyl sites for hydroxylation is 3. The average molecular weight is 304 g/mol. The number of ether oxygens (including phenoxy) is 1. The van der Waals surface area contributed by atoms with E-state index in [1.807, 2.05) is 13.8 Å². The van der Waals surface area contributed by atoms with Crippen molar-refractivity contribution >= 4 is 11.3 Å². The molecule has 0 saturated heterocycles. The summed E-state index contributed by atoms with van der Waals surface area (Å²) in [4.78, 5) is 5.75. The summed E-state index contributed by atoms with van der Waals surface area (Å²) in [6.45, 7) is 11.0. The number of benzene rings is 1. The van der Waals surface area contributed by atoms with Gasteiger partial charge in [0.15, 0.2) is 0 Å². The molecule has 4 heteroatoms. The van der Waals surface area contributed by atoms with Crippen LogP contribution >= 0.6 is 11.3 Å². The normalized spacial score (nSPS) is 12.5. The van der Waals surface area contributed by atoms with E-state index in [0.717, 1.165) is 22.9 Å². The largest absolute Gasteiger partial charge is 0.493 e. The standard InChI is InChI=1S/C17H24N2OS/c1-10-8-11(2)12(3)15(9-10)20-7-6-16-19-14(5)17(21-16)13(4)18/h8-9,13H,6-7,18H2,1-5H3. The van der Waals surface area contributed by atoms with Crippen molar-refractivity contribution in [2.24, 2.45) is 5.73 Å². The Labute approximate surface area is 131 Å². The summed E-state index contributed by atoms with van der Waals surface area (Å²) >= 11 is 1.70. The van der Waals surface area contributed by atoms with E-state index in [1.165, 1.54) is 21.6 Å². The van der Waals surface area contributed by atoms with Gasteiger partial charge < -0.3 is 10.5 Å². The van der Waals surface area contributed by atoms with Gasteiger partial charge in [0.2, 0.25) is 0 Å². The highest BCUT2D eigenvalue weighted by Crippen LogP contribution is 2.25. The SMILES string of the molecule is Cc1cc(C)c(C)c(OCCc2nc(C)c(C(C)N)s2)c1. The molecule has 0 aliphatic heterocycles. The predicted octanol–water partition coefficient (Wildman–Crippen LogP) is 4.02. The second kappa shape index (κ2) is 6.58. The van der Waals surface area contributed by atoms with Gasteiger partial charge in [-0.3, -0.25) is 0 Å². The lowest BCUT2D eigenvalue weighted by molar-refractivity contribution is 0.319. The topological polar surface area (TPSA) is 48.1 Å². The van der Waals surface area contributed by atoms with E-state index >= 15 is 0 Å². The predicted molar refractivity (Wildman–Crippen MR) is 89.3 cm³/mol. The second-order valence-electron chi connectivity index (χ2n) is 5.65. The molecule has 2 N–H and O–H groups in total. The molecule has 0 aliphatic carbocycles. The van der Waals surface area contributed by atoms with Crippen molar-refractivity contribution in [1.82, 2.24) is 4.98 Å². The minimum absolute atomic E-state index is 0.0545. The second-order valence-corrected chi connectivity index (χ2v) is 6.76. The van der Waals surface area contributed by atoms with Crippen molar-refractivity contribution in [2.75, 3.05) is 6.61 Å². The first-order chi connectivity index (χ1) is 9.88. The Balaban J connectivity index is 2.00. The quantitative estimate of drug-likeness (QED) is 0.907. The fraction of sp³-hybridized carbons (Fsp3) is 0.471. The maximum atomic E-state index is 5.95. The minimum Gasteiger partial charge on any atom is -0.493 e. The van der Waals surface area contributed by atoms with Crippen molar-refractivity contribution in [3.8, 4) is 5.75 Å². The van der Waals surface area contributed by atoms with Gasteiger partial charge in [0.05, 0.1) is 17.3 Å². The van der Waals surface area contributed by atoms with Crippen LogP contribution in [0.25, 0.3) is 0 Å². The van der Waals surface area contributed by atoms with E-state index < -0.39 is 0 Å². The first-order valence-electron chi connectivity index (χ1n) is 7.31. The molecular formula is C17H24N2OS. The van der Waals surface area contributed by atoms with Crippen LogP contribution in [0.4, 0.5) is 0 Å². The Kier molecular flexibility index (Phi) is 5.01. The summed E-state index contributed by atoms with van der Waals surface area (Å²) in [5.41, 5.74) is 10.7. The third kappa shape index (κ3) is 3.83. The van der Waals surface area contributed by atoms with Crippen molar-refractivity contribution in [3.05, 3.63) is 44.4 Å². The molecule has 1 heterocycles. The molecule has 0 bridgehead atoms. The summed E-state index contributed by atoms with van der Waals surface area (Å²) in [6.07, 6.45) is 0.824. The molecule has 0 amide bonds. The molecule has 2 aromatic rings. The number of nitrogens with two attached hydrogens (primary N) is 1. The molecule has 3 nitrogen and oxygen atoms in total. The summed E-state index contributed by atoms with van der Waals surface area (Å²) in [5.74, 6) is 0.980. The molecule has 21 heavy (non-hydrogen) atoms. The van der Waals surface area contributed by atoms with E-state index in [1.54, 1.807) is 11.3 Å². The van der Waals surface area contributed by atoms with Crippen molar-refractivity contribution in [3.63, 3.8) is 0 Å². The van der Waals surface area contributed by atoms with Crippen LogP contribution in [0.3, 0.4) is 0 Å². The molecule has 0 saturated carbocycles. The van der Waals surface area contributed by atoms with E-state index in [4.69, 9.17) is 10.5 Å². The average Bonchev–Trinajstić information content (AvgIpc) is 2.76. The lowest BCUT2D eigenvalue weighted by atomic mass is 10.1. The molecule has 1 aromatic carbocycles. The van der Waals surface area contributed by atoms with Gasteiger partial charge >= 0.3 is 0 Å². The van der Waals surface area contributed by atoms with Crippen LogP contribution in [0.5, 0.6) is 5.75 Å². The highest BCUT2D eigenvalue weighted by atomic mass is 32.1. The molecule has 1 aromatic heterocycles. The van der Waals surface area contributed by atoms with Gasteiger partial charge in [-0.2, -0.15) is 0 Å². The Morgan fingerprint density at radius 3 is 2.57 bits per heavy atom. The molecule has 0 aliphatic rings. The molecule has 0 spiro atoms. The monoisotopic (exact) mass is 304 g/mol. The number of hydrogen-bond donors (Lipinski definition) is 1. The number of nitrogens with zero attached hydrogens (tertiary/aromatic N) is 1. The Hall–Kier alpha value is -1.39. The maximum absolute atomic E-state index is 5.95. The van der Waals surface area contributed by atoms with Crippen LogP contribution in [0.2, 0.25) is 0 Å². The van der Waals surface area contributed by atoms with Crippen LogP contribution in [0, 0.1) is 27.7 Å². The van der Waals surface area contributed by atoms with Gasteiger partial charge in [-0.25, -0.2) is 4.98 Å². The summed E-state index contributed by atoms with van der Waals surface area (Å²) in [5, 5.41) is 1.10. The summed E-state index contributed by atoms with van der Waals surface area (Å²) < 4.78 is 5.95. The van der Waals surface area contributed by atoms with E-state index in [9.17, 15) is 0 Å². The zero-order valence-corrected chi connectivity index (χ0v) is 14.3. The molecular weight excluding hydrogens is 280 g/mol. The van der Waals surface area contributed by atoms with Crippen LogP contribution < -0.4 is 10.5 Å². The van der Waals surface area contributed by atoms with Crippen molar-refractivity contribution in [2.45, 2.75) is 47.1 Å². The van der Waals surface area contributed by atoms with Gasteiger partial charge in [0, 0.05) is 17.3 Å². The Bertz CT molecular complexity index is 632. The van der Waals surface area contributed by atoms with Gasteiger partial charge in [0.25, 0.3) is 0 Å². The van der Waals surface area contributed by atoms with Crippen molar-refractivity contribution < 1.29 is 4.74 Å². The van der Waals surface area contributed by atoms with Crippen LogP contribution in [-0.4, -0.2) is 11.6 Å². The van der Waals surface area contributed by atoms with Gasteiger partial charge in [-0.15, -0.1) is 11.3 Å². The number of aromatic nitrogens is 1. The fourth-order valence-corrected chi connectivity index (χ4v) is 3.40. The minimum atomic E-state index is 0.0545. The van der Waals surface area contributed by atoms with Crippen LogP contribution in [-0.2, 0) is 6.42 Å². The molecule has 1 unspecified atom stereocenters. The summed E-state index contributed by atoms with van der Waals surface area (Å²) in [6, 6.07) is 4.34. The van der Waals surface area contributed by atoms with E-state index in [0.29, 0.717) is 6.61 Å². The van der Waals surface area contributed by atoms with Gasteiger partial charge in [-0.05, 0) is 57.4 Å². The highest BCUT2D eigenvalue weighted by Gasteiger charge is 2.11. The zero-order chi connectivity index (χ0) is 15.6. The van der Waals surface area contributed by atoms with Crippen LogP contribution in [0.15, 0.2) is 12.1 Å². The zero-order valence-electron chi connectivity index (χ0n) is 13.5. The smallest absolute Gasteiger partial charge is 0.122 e. The molecule has 1 atom stereocenters. The lowest BCUT2D eigenvalue weighted by Gasteiger charge is -2.11. The molecule has 0 radical (unpaired) electrons. The molecule has 2 rings (SSSR count). The molecule has 0 fully saturated rings. The number of thiazole rings is 1. The van der Waals surface area contributed by atoms with E-state index in [-0.39, 0.29) is 6.04 Å². The van der Waals surface area contributed by atoms with Gasteiger partial charge in [-0.1, -0.05) is 6.07 Å². The van der Waals surface area contributed by atoms with E-state index in [2.05, 4.69) is 37.9 Å². The third-order valence-electron chi connectivity index (χ3n) is 3.63. The highest BCUT2D eigenvalue weighted by molar-refractivity contribution is 7.11. The Morgan fingerprint density at radius 1 is 1.24 bits per heavy atom. The first-order valence-corrected chi connectivity index (χ1v) is 8.12. The number of hydrogen-bond acceptors (Lipinski definition) is 4. The molecule has 114 valence electrons.